The number of fused-ring (bicyclic) bond motifs is 1. The zero-order valence-electron chi connectivity index (χ0n) is 19.1. The van der Waals surface area contributed by atoms with Crippen LogP contribution in [0, 0.1) is 5.92 Å². The van der Waals surface area contributed by atoms with Crippen LogP contribution >= 0.6 is 0 Å². The minimum absolute atomic E-state index is 0.153. The molecule has 2 aromatic carbocycles. The summed E-state index contributed by atoms with van der Waals surface area (Å²) in [6, 6.07) is 17.2. The van der Waals surface area contributed by atoms with E-state index < -0.39 is 0 Å². The third-order valence-electron chi connectivity index (χ3n) is 6.97. The number of amides is 1. The lowest BCUT2D eigenvalue weighted by molar-refractivity contribution is -0.134. The van der Waals surface area contributed by atoms with Gasteiger partial charge in [-0.2, -0.15) is 5.10 Å². The molecule has 2 aliphatic heterocycles. The molecule has 0 spiro atoms. The normalized spacial score (nSPS) is 20.9. The Bertz CT molecular complexity index is 1070. The Balaban J connectivity index is 1.25. The first-order valence-electron chi connectivity index (χ1n) is 11.8. The second kappa shape index (κ2) is 9.75. The lowest BCUT2D eigenvalue weighted by Crippen LogP contribution is -2.45. The molecule has 0 bridgehead atoms. The fraction of sp³-hybridized carbons (Fsp3) is 0.423. The van der Waals surface area contributed by atoms with Crippen molar-refractivity contribution in [1.29, 1.82) is 0 Å². The van der Waals surface area contributed by atoms with Crippen LogP contribution in [-0.4, -0.2) is 63.3 Å². The van der Waals surface area contributed by atoms with Crippen LogP contribution in [0.4, 0.5) is 0 Å². The molecule has 1 amide bonds. The van der Waals surface area contributed by atoms with Gasteiger partial charge in [0.05, 0.1) is 7.11 Å². The average Bonchev–Trinajstić information content (AvgIpc) is 3.45. The van der Waals surface area contributed by atoms with Crippen LogP contribution in [0.5, 0.6) is 5.75 Å². The summed E-state index contributed by atoms with van der Waals surface area (Å²) in [5.74, 6) is 1.58. The van der Waals surface area contributed by atoms with E-state index in [4.69, 9.17) is 4.74 Å². The molecule has 172 valence electrons. The Morgan fingerprint density at radius 2 is 1.94 bits per heavy atom. The van der Waals surface area contributed by atoms with E-state index >= 15 is 0 Å². The Morgan fingerprint density at radius 1 is 1.09 bits per heavy atom. The number of methoxy groups -OCH3 is 1. The molecule has 0 radical (unpaired) electrons. The third kappa shape index (κ3) is 4.78. The highest BCUT2D eigenvalue weighted by Gasteiger charge is 2.39. The maximum Gasteiger partial charge on any atom is 0.244 e. The summed E-state index contributed by atoms with van der Waals surface area (Å²) in [6.07, 6.45) is 6.56. The summed E-state index contributed by atoms with van der Waals surface area (Å²) < 4.78 is 7.14. The minimum Gasteiger partial charge on any atom is -0.496 e. The van der Waals surface area contributed by atoms with Crippen LogP contribution in [-0.2, 0) is 17.9 Å². The van der Waals surface area contributed by atoms with Gasteiger partial charge in [0.1, 0.15) is 24.9 Å². The highest BCUT2D eigenvalue weighted by Crippen LogP contribution is 2.32. The van der Waals surface area contributed by atoms with Gasteiger partial charge in [-0.05, 0) is 36.0 Å². The molecule has 3 aromatic rings. The molecule has 7 heteroatoms. The Hall–Kier alpha value is -3.19. The third-order valence-corrected chi connectivity index (χ3v) is 6.97. The van der Waals surface area contributed by atoms with Gasteiger partial charge in [-0.15, -0.1) is 0 Å². The Morgan fingerprint density at radius 3 is 2.73 bits per heavy atom. The number of carbonyl (C=O) groups is 1. The quantitative estimate of drug-likeness (QED) is 0.581. The molecule has 2 atom stereocenters. The molecule has 0 N–H and O–H groups in total. The molecule has 1 aromatic heterocycles. The van der Waals surface area contributed by atoms with Crippen LogP contribution in [0.2, 0.25) is 0 Å². The molecular formula is C26H31N5O2. The van der Waals surface area contributed by atoms with Crippen LogP contribution in [0.15, 0.2) is 61.2 Å². The predicted molar refractivity (Wildman–Crippen MR) is 127 cm³/mol. The first kappa shape index (κ1) is 21.6. The minimum atomic E-state index is 0.153. The molecule has 2 saturated heterocycles. The molecule has 5 rings (SSSR count). The summed E-state index contributed by atoms with van der Waals surface area (Å²) >= 11 is 0. The Kier molecular flexibility index (Phi) is 6.39. The molecule has 0 saturated carbocycles. The zero-order valence-corrected chi connectivity index (χ0v) is 19.1. The standard InChI is InChI=1S/C26H31N5O2/c1-33-25-8-3-2-7-23(25)21-11-9-20(10-12-21)14-29-15-22-6-4-5-13-31(24(22)16-29)26(32)17-30-19-27-18-28-30/h2-3,7-12,18-19,22,24H,4-6,13-17H2,1H3/t22-,24+/m0/s1. The van der Waals surface area contributed by atoms with Crippen molar-refractivity contribution in [3.8, 4) is 16.9 Å². The van der Waals surface area contributed by atoms with Gasteiger partial charge in [0.2, 0.25) is 5.91 Å². The summed E-state index contributed by atoms with van der Waals surface area (Å²) in [5.41, 5.74) is 3.56. The van der Waals surface area contributed by atoms with E-state index in [0.717, 1.165) is 49.5 Å². The van der Waals surface area contributed by atoms with E-state index in [1.54, 1.807) is 18.1 Å². The van der Waals surface area contributed by atoms with Crippen molar-refractivity contribution < 1.29 is 9.53 Å². The number of hydrogen-bond donors (Lipinski definition) is 0. The van der Waals surface area contributed by atoms with Gasteiger partial charge in [-0.3, -0.25) is 9.69 Å². The summed E-state index contributed by atoms with van der Waals surface area (Å²) in [4.78, 5) is 21.6. The van der Waals surface area contributed by atoms with E-state index in [1.165, 1.54) is 24.7 Å². The number of para-hydroxylation sites is 1. The SMILES string of the molecule is COc1ccccc1-c1ccc(CN2C[C@@H]3CCCCN(C(=O)Cn4cncn4)[C@@H]3C2)cc1. The van der Waals surface area contributed by atoms with Crippen LogP contribution in [0.25, 0.3) is 11.1 Å². The van der Waals surface area contributed by atoms with Gasteiger partial charge in [-0.25, -0.2) is 9.67 Å². The number of nitrogens with zero attached hydrogens (tertiary/aromatic N) is 5. The number of hydrogen-bond acceptors (Lipinski definition) is 5. The fourth-order valence-corrected chi connectivity index (χ4v) is 5.35. The number of likely N-dealkylation sites (tertiary alicyclic amines) is 2. The molecule has 2 aliphatic rings. The summed E-state index contributed by atoms with van der Waals surface area (Å²) in [7, 11) is 1.71. The van der Waals surface area contributed by atoms with Gasteiger partial charge in [0.25, 0.3) is 0 Å². The van der Waals surface area contributed by atoms with Crippen molar-refractivity contribution in [2.24, 2.45) is 5.92 Å². The fourth-order valence-electron chi connectivity index (χ4n) is 5.35. The molecule has 2 fully saturated rings. The van der Waals surface area contributed by atoms with E-state index in [-0.39, 0.29) is 18.5 Å². The summed E-state index contributed by atoms with van der Waals surface area (Å²) in [6.45, 7) is 4.00. The average molecular weight is 446 g/mol. The number of benzene rings is 2. The van der Waals surface area contributed by atoms with Gasteiger partial charge in [0, 0.05) is 37.8 Å². The molecule has 0 aliphatic carbocycles. The first-order chi connectivity index (χ1) is 16.2. The van der Waals surface area contributed by atoms with Crippen molar-refractivity contribution in [2.45, 2.75) is 38.4 Å². The monoisotopic (exact) mass is 445 g/mol. The second-order valence-electron chi connectivity index (χ2n) is 9.09. The highest BCUT2D eigenvalue weighted by molar-refractivity contribution is 5.76. The number of ether oxygens (including phenoxy) is 1. The van der Waals surface area contributed by atoms with E-state index in [0.29, 0.717) is 5.92 Å². The second-order valence-corrected chi connectivity index (χ2v) is 9.09. The number of rotatable bonds is 6. The highest BCUT2D eigenvalue weighted by atomic mass is 16.5. The van der Waals surface area contributed by atoms with Crippen molar-refractivity contribution in [3.63, 3.8) is 0 Å². The van der Waals surface area contributed by atoms with Gasteiger partial charge in [0.15, 0.2) is 0 Å². The number of aromatic nitrogens is 3. The summed E-state index contributed by atoms with van der Waals surface area (Å²) in [5, 5.41) is 4.11. The van der Waals surface area contributed by atoms with E-state index in [9.17, 15) is 4.79 Å². The van der Waals surface area contributed by atoms with Crippen molar-refractivity contribution in [3.05, 3.63) is 66.7 Å². The largest absolute Gasteiger partial charge is 0.496 e. The zero-order chi connectivity index (χ0) is 22.6. The Labute approximate surface area is 195 Å². The molecule has 0 unspecified atom stereocenters. The molecule has 7 nitrogen and oxygen atoms in total. The van der Waals surface area contributed by atoms with Crippen molar-refractivity contribution >= 4 is 5.91 Å². The molecular weight excluding hydrogens is 414 g/mol. The predicted octanol–water partition coefficient (Wildman–Crippen LogP) is 3.47. The molecule has 33 heavy (non-hydrogen) atoms. The van der Waals surface area contributed by atoms with Gasteiger partial charge < -0.3 is 9.64 Å². The van der Waals surface area contributed by atoms with Gasteiger partial charge >= 0.3 is 0 Å². The van der Waals surface area contributed by atoms with E-state index in [1.807, 2.05) is 18.2 Å². The maximum atomic E-state index is 13.1. The lowest BCUT2D eigenvalue weighted by Gasteiger charge is -2.30. The first-order valence-corrected chi connectivity index (χ1v) is 11.8. The molecule has 3 heterocycles. The van der Waals surface area contributed by atoms with Gasteiger partial charge in [-0.1, -0.05) is 48.9 Å². The van der Waals surface area contributed by atoms with Crippen LogP contribution in [0.3, 0.4) is 0 Å². The van der Waals surface area contributed by atoms with E-state index in [2.05, 4.69) is 50.2 Å². The number of carbonyl (C=O) groups excluding carboxylic acids is 1. The van der Waals surface area contributed by atoms with Crippen molar-refractivity contribution in [1.82, 2.24) is 24.6 Å². The van der Waals surface area contributed by atoms with Crippen LogP contribution < -0.4 is 4.74 Å². The smallest absolute Gasteiger partial charge is 0.244 e. The van der Waals surface area contributed by atoms with Crippen LogP contribution in [0.1, 0.15) is 24.8 Å². The maximum absolute atomic E-state index is 13.1. The van der Waals surface area contributed by atoms with Crippen molar-refractivity contribution in [2.75, 3.05) is 26.7 Å². The topological polar surface area (TPSA) is 63.5 Å². The lowest BCUT2D eigenvalue weighted by atomic mass is 9.98.